The second-order valence-corrected chi connectivity index (χ2v) is 12.1. The summed E-state index contributed by atoms with van der Waals surface area (Å²) < 4.78 is 55.7. The van der Waals surface area contributed by atoms with Gasteiger partial charge in [0.05, 0.1) is 16.3 Å². The van der Waals surface area contributed by atoms with Gasteiger partial charge in [0.1, 0.15) is 22.0 Å². The maximum absolute atomic E-state index is 14.2. The third kappa shape index (κ3) is 5.24. The highest BCUT2D eigenvalue weighted by atomic mass is 35.5. The van der Waals surface area contributed by atoms with Gasteiger partial charge in [0, 0.05) is 19.0 Å². The molecule has 4 aromatic rings. The Bertz CT molecular complexity index is 1560. The predicted octanol–water partition coefficient (Wildman–Crippen LogP) is 5.86. The summed E-state index contributed by atoms with van der Waals surface area (Å²) in [5.41, 5.74) is 1.54. The van der Waals surface area contributed by atoms with Gasteiger partial charge in [-0.1, -0.05) is 59.3 Å². The Morgan fingerprint density at radius 3 is 2.49 bits per heavy atom. The number of anilines is 1. The Balaban J connectivity index is 1.38. The Hall–Kier alpha value is -2.92. The van der Waals surface area contributed by atoms with Crippen molar-refractivity contribution in [1.82, 2.24) is 9.29 Å². The van der Waals surface area contributed by atoms with E-state index in [-0.39, 0.29) is 31.8 Å². The Labute approximate surface area is 222 Å². The number of nitrogens with zero attached hydrogens (tertiary/aromatic N) is 3. The van der Waals surface area contributed by atoms with E-state index >= 15 is 0 Å². The molecule has 1 fully saturated rings. The quantitative estimate of drug-likeness (QED) is 0.295. The molecule has 0 radical (unpaired) electrons. The number of benzene rings is 3. The van der Waals surface area contributed by atoms with E-state index in [2.05, 4.69) is 4.98 Å². The van der Waals surface area contributed by atoms with Gasteiger partial charge in [0.15, 0.2) is 5.13 Å². The fraction of sp³-hybridized carbons (Fsp3) is 0.231. The monoisotopic (exact) mass is 561 g/mol. The molecule has 37 heavy (non-hydrogen) atoms. The largest absolute Gasteiger partial charge is 0.283 e. The molecule has 0 saturated carbocycles. The molecule has 0 N–H and O–H groups in total. The number of hydrogen-bond donors (Lipinski definition) is 0. The molecule has 1 saturated heterocycles. The van der Waals surface area contributed by atoms with Crippen molar-refractivity contribution in [2.45, 2.75) is 24.3 Å². The molecule has 0 bridgehead atoms. The second-order valence-electron chi connectivity index (χ2n) is 8.75. The van der Waals surface area contributed by atoms with Gasteiger partial charge in [-0.15, -0.1) is 0 Å². The van der Waals surface area contributed by atoms with E-state index in [1.54, 1.807) is 11.0 Å². The molecule has 0 aliphatic carbocycles. The van der Waals surface area contributed by atoms with Crippen molar-refractivity contribution in [1.29, 1.82) is 0 Å². The molecule has 11 heteroatoms. The lowest BCUT2D eigenvalue weighted by Crippen LogP contribution is -2.44. The number of para-hydroxylation sites is 1. The topological polar surface area (TPSA) is 70.6 Å². The van der Waals surface area contributed by atoms with E-state index in [0.29, 0.717) is 28.3 Å². The van der Waals surface area contributed by atoms with Crippen LogP contribution in [0.2, 0.25) is 5.02 Å². The van der Waals surface area contributed by atoms with E-state index in [0.717, 1.165) is 26.7 Å². The summed E-state index contributed by atoms with van der Waals surface area (Å²) in [5.74, 6) is -2.48. The van der Waals surface area contributed by atoms with Crippen molar-refractivity contribution < 1.29 is 22.0 Å². The zero-order valence-corrected chi connectivity index (χ0v) is 21.9. The first-order valence-electron chi connectivity index (χ1n) is 11.6. The number of thiazole rings is 1. The highest BCUT2D eigenvalue weighted by Gasteiger charge is 2.36. The van der Waals surface area contributed by atoms with E-state index in [1.165, 1.54) is 11.3 Å². The number of hydrogen-bond acceptors (Lipinski definition) is 5. The number of rotatable bonds is 6. The van der Waals surface area contributed by atoms with Crippen LogP contribution < -0.4 is 4.90 Å². The summed E-state index contributed by atoms with van der Waals surface area (Å²) in [6.07, 6.45) is 0.484. The summed E-state index contributed by atoms with van der Waals surface area (Å²) in [6, 6.07) is 17.3. The van der Waals surface area contributed by atoms with Crippen LogP contribution in [0, 0.1) is 17.6 Å². The maximum Gasteiger partial charge on any atom is 0.246 e. The number of amides is 1. The molecule has 1 aromatic heterocycles. The summed E-state index contributed by atoms with van der Waals surface area (Å²) >= 11 is 7.68. The molecule has 192 valence electrons. The zero-order valence-electron chi connectivity index (χ0n) is 19.5. The Kier molecular flexibility index (Phi) is 7.26. The first-order valence-corrected chi connectivity index (χ1v) is 14.2. The normalized spacial score (nSPS) is 15.2. The van der Waals surface area contributed by atoms with Crippen molar-refractivity contribution in [3.8, 4) is 0 Å². The van der Waals surface area contributed by atoms with Crippen LogP contribution in [0.1, 0.15) is 18.4 Å². The van der Waals surface area contributed by atoms with E-state index in [9.17, 15) is 22.0 Å². The molecule has 0 atom stereocenters. The van der Waals surface area contributed by atoms with E-state index in [1.807, 2.05) is 42.5 Å². The number of sulfonamides is 1. The van der Waals surface area contributed by atoms with Crippen LogP contribution in [-0.4, -0.2) is 36.7 Å². The summed E-state index contributed by atoms with van der Waals surface area (Å²) in [5, 5.41) is 1.00. The highest BCUT2D eigenvalue weighted by molar-refractivity contribution is 7.89. The predicted molar refractivity (Wildman–Crippen MR) is 140 cm³/mol. The van der Waals surface area contributed by atoms with E-state index in [4.69, 9.17) is 11.6 Å². The minimum absolute atomic E-state index is 0.0134. The molecular formula is C26H22ClF2N3O3S2. The number of aromatic nitrogens is 1. The number of carbonyl (C=O) groups is 1. The zero-order chi connectivity index (χ0) is 26.2. The highest BCUT2D eigenvalue weighted by Crippen LogP contribution is 2.35. The van der Waals surface area contributed by atoms with Gasteiger partial charge in [-0.25, -0.2) is 22.2 Å². The van der Waals surface area contributed by atoms with Crippen LogP contribution in [-0.2, 0) is 21.4 Å². The van der Waals surface area contributed by atoms with Gasteiger partial charge < -0.3 is 0 Å². The minimum Gasteiger partial charge on any atom is -0.283 e. The average molecular weight is 562 g/mol. The lowest BCUT2D eigenvalue weighted by atomic mass is 9.96. The molecule has 3 aromatic carbocycles. The van der Waals surface area contributed by atoms with E-state index < -0.39 is 32.5 Å². The van der Waals surface area contributed by atoms with Gasteiger partial charge in [0.25, 0.3) is 0 Å². The molecule has 1 amide bonds. The molecule has 0 unspecified atom stereocenters. The molecular weight excluding hydrogens is 540 g/mol. The standard InChI is InChI=1S/C26H22ClF2N3O3S2/c27-20-7-4-8-22-24(20)30-26(36-22)32(16-17-5-2-1-3-6-17)25(33)18-11-13-31(14-12-18)37(34,35)23-15-19(28)9-10-21(23)29/h1-10,15,18H,11-14,16H2. The van der Waals surface area contributed by atoms with Crippen molar-refractivity contribution in [3.63, 3.8) is 0 Å². The number of carbonyl (C=O) groups excluding carboxylic acids is 1. The first kappa shape index (κ1) is 25.7. The maximum atomic E-state index is 14.2. The number of piperidine rings is 1. The molecule has 2 heterocycles. The Morgan fingerprint density at radius 2 is 1.78 bits per heavy atom. The minimum atomic E-state index is -4.24. The fourth-order valence-electron chi connectivity index (χ4n) is 4.40. The summed E-state index contributed by atoms with van der Waals surface area (Å²) in [4.78, 5) is 19.3. The van der Waals surface area contributed by atoms with Gasteiger partial charge in [-0.2, -0.15) is 4.31 Å². The second kappa shape index (κ2) is 10.4. The van der Waals surface area contributed by atoms with Crippen LogP contribution in [0.4, 0.5) is 13.9 Å². The van der Waals surface area contributed by atoms with Gasteiger partial charge >= 0.3 is 0 Å². The van der Waals surface area contributed by atoms with Gasteiger partial charge in [-0.05, 0) is 48.7 Å². The third-order valence-corrected chi connectivity index (χ3v) is 9.62. The molecule has 1 aliphatic heterocycles. The summed E-state index contributed by atoms with van der Waals surface area (Å²) in [7, 11) is -4.24. The smallest absolute Gasteiger partial charge is 0.246 e. The van der Waals surface area contributed by atoms with Crippen LogP contribution in [0.5, 0.6) is 0 Å². The lowest BCUT2D eigenvalue weighted by Gasteiger charge is -2.33. The Morgan fingerprint density at radius 1 is 1.05 bits per heavy atom. The van der Waals surface area contributed by atoms with Crippen LogP contribution in [0.25, 0.3) is 10.2 Å². The van der Waals surface area contributed by atoms with Gasteiger partial charge in [0.2, 0.25) is 15.9 Å². The third-order valence-electron chi connectivity index (χ3n) is 6.35. The van der Waals surface area contributed by atoms with Crippen LogP contribution in [0.3, 0.4) is 0 Å². The molecule has 1 aliphatic rings. The first-order chi connectivity index (χ1) is 17.7. The lowest BCUT2D eigenvalue weighted by molar-refractivity contribution is -0.123. The number of fused-ring (bicyclic) bond motifs is 1. The average Bonchev–Trinajstić information content (AvgIpc) is 3.34. The van der Waals surface area contributed by atoms with Crippen molar-refractivity contribution in [3.05, 3.63) is 89.0 Å². The molecule has 0 spiro atoms. The number of halogens is 3. The van der Waals surface area contributed by atoms with Crippen LogP contribution in [0.15, 0.2) is 71.6 Å². The van der Waals surface area contributed by atoms with Crippen molar-refractivity contribution in [2.24, 2.45) is 5.92 Å². The molecule has 5 rings (SSSR count). The van der Waals surface area contributed by atoms with Crippen molar-refractivity contribution >= 4 is 54.2 Å². The van der Waals surface area contributed by atoms with Gasteiger partial charge in [-0.3, -0.25) is 9.69 Å². The summed E-state index contributed by atoms with van der Waals surface area (Å²) in [6.45, 7) is 0.323. The SMILES string of the molecule is O=C(C1CCN(S(=O)(=O)c2cc(F)ccc2F)CC1)N(Cc1ccccc1)c1nc2c(Cl)cccc2s1. The van der Waals surface area contributed by atoms with Crippen molar-refractivity contribution in [2.75, 3.05) is 18.0 Å². The van der Waals surface area contributed by atoms with Crippen LogP contribution >= 0.6 is 22.9 Å². The molecule has 6 nitrogen and oxygen atoms in total. The fourth-order valence-corrected chi connectivity index (χ4v) is 7.22.